The second kappa shape index (κ2) is 7.25. The fraction of sp³-hybridized carbons (Fsp3) is 0.0476. The number of aromatic nitrogens is 1. The van der Waals surface area contributed by atoms with Crippen molar-refractivity contribution >= 4 is 38.6 Å². The molecule has 0 bridgehead atoms. The van der Waals surface area contributed by atoms with Crippen molar-refractivity contribution < 1.29 is 13.9 Å². The number of nitrogens with one attached hydrogen (secondary N) is 1. The highest BCUT2D eigenvalue weighted by Crippen LogP contribution is 2.28. The van der Waals surface area contributed by atoms with E-state index in [1.807, 2.05) is 42.5 Å². The molecule has 0 saturated carbocycles. The van der Waals surface area contributed by atoms with Gasteiger partial charge in [-0.15, -0.1) is 0 Å². The summed E-state index contributed by atoms with van der Waals surface area (Å²) in [6.07, 6.45) is 0. The Bertz CT molecular complexity index is 1120. The third-order valence-electron chi connectivity index (χ3n) is 4.10. The van der Waals surface area contributed by atoms with Crippen molar-refractivity contribution in [3.8, 4) is 17.2 Å². The minimum absolute atomic E-state index is 0.194. The average Bonchev–Trinajstić information content (AvgIpc) is 3.11. The fourth-order valence-electron chi connectivity index (χ4n) is 2.71. The number of carbonyl (C=O) groups is 1. The summed E-state index contributed by atoms with van der Waals surface area (Å²) in [5.41, 5.74) is 3.39. The third-order valence-corrected chi connectivity index (χ3v) is 4.79. The van der Waals surface area contributed by atoms with Crippen LogP contribution in [0.5, 0.6) is 5.75 Å². The van der Waals surface area contributed by atoms with Crippen molar-refractivity contribution in [3.05, 3.63) is 76.8 Å². The Morgan fingerprint density at radius 3 is 2.59 bits per heavy atom. The molecule has 0 atom stereocenters. The van der Waals surface area contributed by atoms with Crippen LogP contribution in [0.25, 0.3) is 22.6 Å². The van der Waals surface area contributed by atoms with Gasteiger partial charge in [-0.25, -0.2) is 4.98 Å². The van der Waals surface area contributed by atoms with Gasteiger partial charge in [-0.1, -0.05) is 12.1 Å². The minimum Gasteiger partial charge on any atom is -0.497 e. The quantitative estimate of drug-likeness (QED) is 0.470. The molecule has 0 spiro atoms. The van der Waals surface area contributed by atoms with E-state index < -0.39 is 0 Å². The van der Waals surface area contributed by atoms with Crippen molar-refractivity contribution in [1.82, 2.24) is 4.98 Å². The van der Waals surface area contributed by atoms with Crippen LogP contribution in [0.3, 0.4) is 0 Å². The second-order valence-corrected chi connectivity index (χ2v) is 6.72. The van der Waals surface area contributed by atoms with Crippen LogP contribution in [0, 0.1) is 0 Å². The van der Waals surface area contributed by atoms with E-state index >= 15 is 0 Å². The summed E-state index contributed by atoms with van der Waals surface area (Å²) in [5, 5.41) is 2.89. The van der Waals surface area contributed by atoms with Gasteiger partial charge < -0.3 is 14.5 Å². The van der Waals surface area contributed by atoms with Gasteiger partial charge in [0.25, 0.3) is 5.91 Å². The van der Waals surface area contributed by atoms with E-state index in [-0.39, 0.29) is 5.91 Å². The average molecular weight is 423 g/mol. The number of carbonyl (C=O) groups excluding carboxylic acids is 1. The zero-order valence-electron chi connectivity index (χ0n) is 14.4. The first-order valence-electron chi connectivity index (χ1n) is 8.25. The minimum atomic E-state index is -0.194. The van der Waals surface area contributed by atoms with Crippen LogP contribution in [0.15, 0.2) is 75.6 Å². The molecule has 1 N–H and O–H groups in total. The Balaban J connectivity index is 1.60. The van der Waals surface area contributed by atoms with Crippen molar-refractivity contribution in [3.63, 3.8) is 0 Å². The molecule has 27 heavy (non-hydrogen) atoms. The molecule has 0 unspecified atom stereocenters. The van der Waals surface area contributed by atoms with Crippen molar-refractivity contribution in [2.75, 3.05) is 12.4 Å². The topological polar surface area (TPSA) is 64.4 Å². The molecule has 1 heterocycles. The summed E-state index contributed by atoms with van der Waals surface area (Å²) >= 11 is 3.39. The number of hydrogen-bond donors (Lipinski definition) is 1. The highest BCUT2D eigenvalue weighted by Gasteiger charge is 2.12. The van der Waals surface area contributed by atoms with Crippen molar-refractivity contribution in [2.24, 2.45) is 0 Å². The largest absolute Gasteiger partial charge is 0.497 e. The Kier molecular flexibility index (Phi) is 4.64. The highest BCUT2D eigenvalue weighted by molar-refractivity contribution is 9.10. The first kappa shape index (κ1) is 17.3. The van der Waals surface area contributed by atoms with E-state index in [0.29, 0.717) is 28.2 Å². The van der Waals surface area contributed by atoms with Gasteiger partial charge in [0.2, 0.25) is 5.89 Å². The zero-order chi connectivity index (χ0) is 18.8. The molecule has 1 aromatic heterocycles. The lowest BCUT2D eigenvalue weighted by molar-refractivity contribution is 0.102. The normalized spacial score (nSPS) is 10.7. The Morgan fingerprint density at radius 2 is 1.85 bits per heavy atom. The highest BCUT2D eigenvalue weighted by atomic mass is 79.9. The lowest BCUT2D eigenvalue weighted by Gasteiger charge is -2.06. The predicted molar refractivity (Wildman–Crippen MR) is 108 cm³/mol. The molecular weight excluding hydrogens is 408 g/mol. The zero-order valence-corrected chi connectivity index (χ0v) is 16.0. The lowest BCUT2D eigenvalue weighted by Crippen LogP contribution is -2.12. The molecule has 0 aliphatic carbocycles. The first-order valence-corrected chi connectivity index (χ1v) is 9.04. The van der Waals surface area contributed by atoms with Crippen LogP contribution in [-0.4, -0.2) is 18.0 Å². The van der Waals surface area contributed by atoms with Crippen LogP contribution in [0.2, 0.25) is 0 Å². The maximum absolute atomic E-state index is 12.5. The number of ether oxygens (including phenoxy) is 1. The number of benzene rings is 3. The van der Waals surface area contributed by atoms with Gasteiger partial charge >= 0.3 is 0 Å². The van der Waals surface area contributed by atoms with Crippen molar-refractivity contribution in [2.45, 2.75) is 0 Å². The van der Waals surface area contributed by atoms with Gasteiger partial charge in [0.1, 0.15) is 11.3 Å². The second-order valence-electron chi connectivity index (χ2n) is 5.86. The number of nitrogens with zero attached hydrogens (tertiary/aromatic N) is 1. The molecule has 6 heteroatoms. The van der Waals surface area contributed by atoms with Crippen LogP contribution in [-0.2, 0) is 0 Å². The van der Waals surface area contributed by atoms with Gasteiger partial charge in [0, 0.05) is 15.7 Å². The molecule has 4 rings (SSSR count). The number of oxazole rings is 1. The molecule has 0 aliphatic rings. The number of amides is 1. The van der Waals surface area contributed by atoms with E-state index in [1.54, 1.807) is 31.4 Å². The third kappa shape index (κ3) is 3.57. The summed E-state index contributed by atoms with van der Waals surface area (Å²) in [5.74, 6) is 1.09. The molecule has 0 aliphatic heterocycles. The van der Waals surface area contributed by atoms with Crippen molar-refractivity contribution in [1.29, 1.82) is 0 Å². The van der Waals surface area contributed by atoms with Gasteiger partial charge in [0.05, 0.1) is 12.7 Å². The van der Waals surface area contributed by atoms with Crippen LogP contribution < -0.4 is 10.1 Å². The maximum Gasteiger partial charge on any atom is 0.256 e. The number of anilines is 1. The smallest absolute Gasteiger partial charge is 0.256 e. The van der Waals surface area contributed by atoms with E-state index in [1.165, 1.54) is 0 Å². The summed E-state index contributed by atoms with van der Waals surface area (Å²) in [4.78, 5) is 17.0. The maximum atomic E-state index is 12.5. The van der Waals surface area contributed by atoms with E-state index in [9.17, 15) is 4.79 Å². The Hall–Kier alpha value is -3.12. The van der Waals surface area contributed by atoms with E-state index in [0.717, 1.165) is 15.8 Å². The number of methoxy groups -OCH3 is 1. The number of hydrogen-bond acceptors (Lipinski definition) is 4. The standard InChI is InChI=1S/C21H15BrN2O3/c1-26-15-9-6-13(7-10-15)21-24-18-12-14(8-11-19(18)27-21)23-20(25)16-4-2-3-5-17(16)22/h2-12H,1H3,(H,23,25). The van der Waals surface area contributed by atoms with E-state index in [4.69, 9.17) is 9.15 Å². The van der Waals surface area contributed by atoms with E-state index in [2.05, 4.69) is 26.2 Å². The monoisotopic (exact) mass is 422 g/mol. The van der Waals surface area contributed by atoms with Crippen LogP contribution >= 0.6 is 15.9 Å². The molecule has 0 saturated heterocycles. The first-order chi connectivity index (χ1) is 13.1. The molecule has 5 nitrogen and oxygen atoms in total. The SMILES string of the molecule is COc1ccc(-c2nc3cc(NC(=O)c4ccccc4Br)ccc3o2)cc1. The molecule has 134 valence electrons. The summed E-state index contributed by atoms with van der Waals surface area (Å²) in [6, 6.07) is 20.1. The molecule has 0 fully saturated rings. The van der Waals surface area contributed by atoms with Gasteiger partial charge in [-0.2, -0.15) is 0 Å². The number of halogens is 1. The number of fused-ring (bicyclic) bond motifs is 1. The number of rotatable bonds is 4. The van der Waals surface area contributed by atoms with Gasteiger partial charge in [-0.05, 0) is 70.5 Å². The molecule has 1 amide bonds. The fourth-order valence-corrected chi connectivity index (χ4v) is 3.17. The summed E-state index contributed by atoms with van der Waals surface area (Å²) in [7, 11) is 1.62. The van der Waals surface area contributed by atoms with Crippen LogP contribution in [0.4, 0.5) is 5.69 Å². The molecule has 4 aromatic rings. The summed E-state index contributed by atoms with van der Waals surface area (Å²) < 4.78 is 11.7. The Morgan fingerprint density at radius 1 is 1.07 bits per heavy atom. The molecule has 3 aromatic carbocycles. The lowest BCUT2D eigenvalue weighted by atomic mass is 10.2. The predicted octanol–water partition coefficient (Wildman–Crippen LogP) is 5.52. The molecule has 0 radical (unpaired) electrons. The van der Waals surface area contributed by atoms with Crippen LogP contribution in [0.1, 0.15) is 10.4 Å². The summed E-state index contributed by atoms with van der Waals surface area (Å²) in [6.45, 7) is 0. The van der Waals surface area contributed by atoms with Gasteiger partial charge in [-0.3, -0.25) is 4.79 Å². The molecular formula is C21H15BrN2O3. The Labute approximate surface area is 164 Å². The van der Waals surface area contributed by atoms with Gasteiger partial charge in [0.15, 0.2) is 5.58 Å².